The summed E-state index contributed by atoms with van der Waals surface area (Å²) in [7, 11) is 0. The van der Waals surface area contributed by atoms with Crippen molar-refractivity contribution < 1.29 is 9.50 Å². The number of halogens is 1. The molecule has 0 aliphatic carbocycles. The average Bonchev–Trinajstić information content (AvgIpc) is 2.37. The molecular formula is C13H19FN2O. The molecule has 1 unspecified atom stereocenters. The van der Waals surface area contributed by atoms with E-state index in [1.54, 1.807) is 6.07 Å². The zero-order valence-electron chi connectivity index (χ0n) is 9.90. The first kappa shape index (κ1) is 12.5. The molecule has 0 radical (unpaired) electrons. The van der Waals surface area contributed by atoms with Gasteiger partial charge in [0.05, 0.1) is 6.61 Å². The van der Waals surface area contributed by atoms with Crippen molar-refractivity contribution in [3.63, 3.8) is 0 Å². The van der Waals surface area contributed by atoms with Gasteiger partial charge in [0.1, 0.15) is 5.82 Å². The standard InChI is InChI=1S/C13H19FN2O/c14-13-3-1-2-11(8-13)12(10-17)9-16-6-4-15-5-7-16/h1-3,8,12,15,17H,4-7,9-10H2. The van der Waals surface area contributed by atoms with Crippen LogP contribution in [0.2, 0.25) is 0 Å². The number of piperazine rings is 1. The first-order valence-electron chi connectivity index (χ1n) is 6.09. The van der Waals surface area contributed by atoms with Gasteiger partial charge in [0.15, 0.2) is 0 Å². The van der Waals surface area contributed by atoms with Crippen LogP contribution >= 0.6 is 0 Å². The Morgan fingerprint density at radius 2 is 2.12 bits per heavy atom. The molecule has 2 rings (SSSR count). The van der Waals surface area contributed by atoms with Crippen LogP contribution in [0.25, 0.3) is 0 Å². The Labute approximate surface area is 101 Å². The van der Waals surface area contributed by atoms with Gasteiger partial charge in [-0.2, -0.15) is 0 Å². The van der Waals surface area contributed by atoms with Crippen molar-refractivity contribution in [2.45, 2.75) is 5.92 Å². The summed E-state index contributed by atoms with van der Waals surface area (Å²) in [6, 6.07) is 6.53. The van der Waals surface area contributed by atoms with Crippen LogP contribution in [0.1, 0.15) is 11.5 Å². The van der Waals surface area contributed by atoms with Gasteiger partial charge in [-0.25, -0.2) is 4.39 Å². The Morgan fingerprint density at radius 3 is 2.76 bits per heavy atom. The molecule has 0 bridgehead atoms. The molecular weight excluding hydrogens is 219 g/mol. The quantitative estimate of drug-likeness (QED) is 0.814. The highest BCUT2D eigenvalue weighted by molar-refractivity contribution is 5.21. The van der Waals surface area contributed by atoms with Crippen LogP contribution in [0.15, 0.2) is 24.3 Å². The summed E-state index contributed by atoms with van der Waals surface area (Å²) < 4.78 is 13.1. The van der Waals surface area contributed by atoms with Crippen LogP contribution in [0.3, 0.4) is 0 Å². The fourth-order valence-corrected chi connectivity index (χ4v) is 2.23. The van der Waals surface area contributed by atoms with Crippen molar-refractivity contribution in [1.29, 1.82) is 0 Å². The van der Waals surface area contributed by atoms with Gasteiger partial charge in [-0.3, -0.25) is 0 Å². The molecule has 17 heavy (non-hydrogen) atoms. The van der Waals surface area contributed by atoms with E-state index in [1.165, 1.54) is 12.1 Å². The summed E-state index contributed by atoms with van der Waals surface area (Å²) >= 11 is 0. The number of nitrogens with one attached hydrogen (secondary N) is 1. The minimum absolute atomic E-state index is 0.00352. The molecule has 4 heteroatoms. The summed E-state index contributed by atoms with van der Waals surface area (Å²) in [5.74, 6) is -0.231. The molecule has 1 aliphatic rings. The third kappa shape index (κ3) is 3.49. The Bertz CT molecular complexity index is 353. The Morgan fingerprint density at radius 1 is 1.35 bits per heavy atom. The Balaban J connectivity index is 2.00. The van der Waals surface area contributed by atoms with Crippen LogP contribution < -0.4 is 5.32 Å². The van der Waals surface area contributed by atoms with E-state index >= 15 is 0 Å². The maximum atomic E-state index is 13.1. The molecule has 1 atom stereocenters. The summed E-state index contributed by atoms with van der Waals surface area (Å²) in [5, 5.41) is 12.7. The highest BCUT2D eigenvalue weighted by Gasteiger charge is 2.17. The van der Waals surface area contributed by atoms with Gasteiger partial charge < -0.3 is 15.3 Å². The molecule has 1 aromatic rings. The molecule has 2 N–H and O–H groups in total. The number of benzene rings is 1. The van der Waals surface area contributed by atoms with E-state index in [1.807, 2.05) is 6.07 Å². The third-order valence-electron chi connectivity index (χ3n) is 3.23. The molecule has 1 heterocycles. The summed E-state index contributed by atoms with van der Waals surface area (Å²) in [5.41, 5.74) is 0.881. The van der Waals surface area contributed by atoms with Crippen molar-refractivity contribution in [3.8, 4) is 0 Å². The number of rotatable bonds is 4. The Kier molecular flexibility index (Phi) is 4.48. The van der Waals surface area contributed by atoms with Gasteiger partial charge in [-0.05, 0) is 17.7 Å². The first-order valence-corrected chi connectivity index (χ1v) is 6.09. The van der Waals surface area contributed by atoms with Gasteiger partial charge in [-0.15, -0.1) is 0 Å². The van der Waals surface area contributed by atoms with Crippen molar-refractivity contribution >= 4 is 0 Å². The lowest BCUT2D eigenvalue weighted by Gasteiger charge is -2.30. The fourth-order valence-electron chi connectivity index (χ4n) is 2.23. The predicted octanol–water partition coefficient (Wildman–Crippen LogP) is 0.807. The number of nitrogens with zero attached hydrogens (tertiary/aromatic N) is 1. The summed E-state index contributed by atoms with van der Waals surface area (Å²) in [6.45, 7) is 4.81. The minimum atomic E-state index is -0.235. The lowest BCUT2D eigenvalue weighted by molar-refractivity contribution is 0.185. The highest BCUT2D eigenvalue weighted by atomic mass is 19.1. The summed E-state index contributed by atoms with van der Waals surface area (Å²) in [4.78, 5) is 2.31. The van der Waals surface area contributed by atoms with Crippen molar-refractivity contribution in [1.82, 2.24) is 10.2 Å². The zero-order valence-corrected chi connectivity index (χ0v) is 9.90. The number of hydrogen-bond acceptors (Lipinski definition) is 3. The van der Waals surface area contributed by atoms with Crippen LogP contribution in [-0.4, -0.2) is 49.3 Å². The van der Waals surface area contributed by atoms with E-state index in [9.17, 15) is 9.50 Å². The van der Waals surface area contributed by atoms with E-state index in [0.717, 1.165) is 38.3 Å². The molecule has 1 fully saturated rings. The van der Waals surface area contributed by atoms with E-state index in [2.05, 4.69) is 10.2 Å². The molecule has 0 saturated carbocycles. The molecule has 1 saturated heterocycles. The van der Waals surface area contributed by atoms with Gasteiger partial charge in [0.2, 0.25) is 0 Å². The highest BCUT2D eigenvalue weighted by Crippen LogP contribution is 2.18. The maximum Gasteiger partial charge on any atom is 0.123 e. The van der Waals surface area contributed by atoms with Crippen LogP contribution in [0.5, 0.6) is 0 Å². The van der Waals surface area contributed by atoms with Crippen molar-refractivity contribution in [2.75, 3.05) is 39.3 Å². The molecule has 0 amide bonds. The van der Waals surface area contributed by atoms with Gasteiger partial charge in [0, 0.05) is 38.6 Å². The SMILES string of the molecule is OCC(CN1CCNCC1)c1cccc(F)c1. The van der Waals surface area contributed by atoms with Crippen molar-refractivity contribution in [2.24, 2.45) is 0 Å². The van der Waals surface area contributed by atoms with Crippen molar-refractivity contribution in [3.05, 3.63) is 35.6 Å². The van der Waals surface area contributed by atoms with Gasteiger partial charge in [0.25, 0.3) is 0 Å². The topological polar surface area (TPSA) is 35.5 Å². The molecule has 1 aliphatic heterocycles. The number of hydrogen-bond donors (Lipinski definition) is 2. The average molecular weight is 238 g/mol. The van der Waals surface area contributed by atoms with E-state index in [0.29, 0.717) is 0 Å². The van der Waals surface area contributed by atoms with Crippen LogP contribution in [-0.2, 0) is 0 Å². The molecule has 94 valence electrons. The second-order valence-corrected chi connectivity index (χ2v) is 4.49. The van der Waals surface area contributed by atoms with E-state index in [-0.39, 0.29) is 18.3 Å². The number of aliphatic hydroxyl groups is 1. The largest absolute Gasteiger partial charge is 0.396 e. The lowest BCUT2D eigenvalue weighted by atomic mass is 9.99. The summed E-state index contributed by atoms with van der Waals surface area (Å²) in [6.07, 6.45) is 0. The maximum absolute atomic E-state index is 13.1. The third-order valence-corrected chi connectivity index (χ3v) is 3.23. The normalized spacial score (nSPS) is 19.2. The van der Waals surface area contributed by atoms with Gasteiger partial charge in [-0.1, -0.05) is 12.1 Å². The second-order valence-electron chi connectivity index (χ2n) is 4.49. The molecule has 1 aromatic carbocycles. The Hall–Kier alpha value is -0.970. The molecule has 0 spiro atoms. The van der Waals surface area contributed by atoms with E-state index in [4.69, 9.17) is 0 Å². The molecule has 0 aromatic heterocycles. The second kappa shape index (κ2) is 6.10. The minimum Gasteiger partial charge on any atom is -0.396 e. The number of aliphatic hydroxyl groups excluding tert-OH is 1. The monoisotopic (exact) mass is 238 g/mol. The van der Waals surface area contributed by atoms with Crippen LogP contribution in [0, 0.1) is 5.82 Å². The smallest absolute Gasteiger partial charge is 0.123 e. The first-order chi connectivity index (χ1) is 8.29. The molecule has 3 nitrogen and oxygen atoms in total. The van der Waals surface area contributed by atoms with Crippen LogP contribution in [0.4, 0.5) is 4.39 Å². The fraction of sp³-hybridized carbons (Fsp3) is 0.538. The lowest BCUT2D eigenvalue weighted by Crippen LogP contribution is -2.45. The van der Waals surface area contributed by atoms with E-state index < -0.39 is 0 Å². The zero-order chi connectivity index (χ0) is 12.1. The predicted molar refractivity (Wildman–Crippen MR) is 65.5 cm³/mol. The van der Waals surface area contributed by atoms with Gasteiger partial charge >= 0.3 is 0 Å².